The predicted molar refractivity (Wildman–Crippen MR) is 113 cm³/mol. The molecule has 0 saturated heterocycles. The van der Waals surface area contributed by atoms with E-state index in [2.05, 4.69) is 15.3 Å². The van der Waals surface area contributed by atoms with Crippen LogP contribution < -0.4 is 5.32 Å². The average molecular weight is 415 g/mol. The normalized spacial score (nSPS) is 22.1. The van der Waals surface area contributed by atoms with Gasteiger partial charge in [0.05, 0.1) is 5.56 Å². The Bertz CT molecular complexity index is 1130. The van der Waals surface area contributed by atoms with Crippen molar-refractivity contribution in [1.29, 1.82) is 0 Å². The van der Waals surface area contributed by atoms with Crippen LogP contribution in [0.2, 0.25) is 0 Å². The van der Waals surface area contributed by atoms with E-state index in [4.69, 9.17) is 4.74 Å². The molecule has 0 unspecified atom stereocenters. The maximum atomic E-state index is 12.7. The van der Waals surface area contributed by atoms with Crippen LogP contribution in [0.4, 0.5) is 5.95 Å². The van der Waals surface area contributed by atoms with Gasteiger partial charge in [0.2, 0.25) is 11.9 Å². The van der Waals surface area contributed by atoms with Gasteiger partial charge in [-0.15, -0.1) is 0 Å². The average Bonchev–Trinajstić information content (AvgIpc) is 3.07. The van der Waals surface area contributed by atoms with Crippen molar-refractivity contribution in [2.45, 2.75) is 31.3 Å². The highest BCUT2D eigenvalue weighted by atomic mass is 16.6. The van der Waals surface area contributed by atoms with Crippen molar-refractivity contribution in [3.05, 3.63) is 72.1 Å². The van der Waals surface area contributed by atoms with Crippen LogP contribution in [0.1, 0.15) is 41.6 Å². The number of phenols is 1. The van der Waals surface area contributed by atoms with Crippen molar-refractivity contribution in [2.75, 3.05) is 5.32 Å². The van der Waals surface area contributed by atoms with Gasteiger partial charge in [-0.25, -0.2) is 14.8 Å². The molecule has 1 aliphatic heterocycles. The number of esters is 1. The number of fused-ring (bicyclic) bond motifs is 2. The van der Waals surface area contributed by atoms with Crippen molar-refractivity contribution in [3.63, 3.8) is 0 Å². The van der Waals surface area contributed by atoms with Crippen LogP contribution in [0, 0.1) is 5.92 Å². The minimum absolute atomic E-state index is 0.121. The molecular formula is C24H21N3O4. The van der Waals surface area contributed by atoms with Gasteiger partial charge in [0, 0.05) is 29.4 Å². The first kappa shape index (κ1) is 19.2. The molecule has 1 spiro atoms. The van der Waals surface area contributed by atoms with Crippen molar-refractivity contribution in [1.82, 2.24) is 9.97 Å². The molecule has 2 aliphatic rings. The quantitative estimate of drug-likeness (QED) is 0.626. The molecule has 7 nitrogen and oxygen atoms in total. The Hall–Kier alpha value is -3.74. The van der Waals surface area contributed by atoms with E-state index in [1.54, 1.807) is 42.7 Å². The number of ether oxygens (including phenoxy) is 1. The Balaban J connectivity index is 1.23. The number of carbonyl (C=O) groups is 2. The molecule has 5 rings (SSSR count). The number of hydrogen-bond donors (Lipinski definition) is 2. The van der Waals surface area contributed by atoms with Crippen LogP contribution in [-0.4, -0.2) is 27.0 Å². The monoisotopic (exact) mass is 415 g/mol. The molecule has 156 valence electrons. The summed E-state index contributed by atoms with van der Waals surface area (Å²) in [7, 11) is 0. The Morgan fingerprint density at radius 1 is 1.00 bits per heavy atom. The highest BCUT2D eigenvalue weighted by molar-refractivity contribution is 5.95. The fourth-order valence-corrected chi connectivity index (χ4v) is 4.47. The number of aromatic nitrogens is 2. The van der Waals surface area contributed by atoms with Gasteiger partial charge in [-0.1, -0.05) is 30.3 Å². The lowest BCUT2D eigenvalue weighted by atomic mass is 9.75. The number of anilines is 1. The summed E-state index contributed by atoms with van der Waals surface area (Å²) in [6, 6.07) is 14.2. The summed E-state index contributed by atoms with van der Waals surface area (Å²) < 4.78 is 5.76. The molecule has 1 saturated carbocycles. The number of hydrogen-bond acceptors (Lipinski definition) is 6. The van der Waals surface area contributed by atoms with Crippen LogP contribution in [0.5, 0.6) is 5.75 Å². The number of nitrogens with zero attached hydrogens (tertiary/aromatic N) is 2. The Morgan fingerprint density at radius 3 is 2.39 bits per heavy atom. The number of benzene rings is 2. The van der Waals surface area contributed by atoms with Crippen LogP contribution in [0.25, 0.3) is 11.1 Å². The standard InChI is InChI=1S/C24H21N3O4/c28-18-7-5-15(6-8-18)17-13-25-23(26-14-17)27-21(29)16-9-11-24(12-10-16)20-4-2-1-3-19(20)22(30)31-24/h1-8,13-14,16,28H,9-12H2,(H,25,26,27,29)/t16-,24-. The first-order valence-electron chi connectivity index (χ1n) is 10.3. The Labute approximate surface area is 179 Å². The highest BCUT2D eigenvalue weighted by Gasteiger charge is 2.48. The third-order valence-electron chi connectivity index (χ3n) is 6.18. The smallest absolute Gasteiger partial charge is 0.339 e. The summed E-state index contributed by atoms with van der Waals surface area (Å²) in [5, 5.41) is 12.2. The second kappa shape index (κ2) is 7.50. The second-order valence-corrected chi connectivity index (χ2v) is 8.04. The lowest BCUT2D eigenvalue weighted by molar-refractivity contribution is -0.122. The zero-order valence-electron chi connectivity index (χ0n) is 16.7. The van der Waals surface area contributed by atoms with Crippen molar-refractivity contribution < 1.29 is 19.4 Å². The van der Waals surface area contributed by atoms with E-state index >= 15 is 0 Å². The third-order valence-corrected chi connectivity index (χ3v) is 6.18. The largest absolute Gasteiger partial charge is 0.508 e. The number of amides is 1. The van der Waals surface area contributed by atoms with Gasteiger partial charge in [-0.2, -0.15) is 0 Å². The predicted octanol–water partition coefficient (Wildman–Crippen LogP) is 4.04. The number of phenolic OH excluding ortho intramolecular Hbond substituents is 1. The molecule has 1 aliphatic carbocycles. The Kier molecular flexibility index (Phi) is 4.66. The van der Waals surface area contributed by atoms with Crippen LogP contribution in [0.3, 0.4) is 0 Å². The highest BCUT2D eigenvalue weighted by Crippen LogP contribution is 2.48. The summed E-state index contributed by atoms with van der Waals surface area (Å²) in [4.78, 5) is 33.5. The summed E-state index contributed by atoms with van der Waals surface area (Å²) in [5.41, 5.74) is 2.63. The van der Waals surface area contributed by atoms with E-state index in [9.17, 15) is 14.7 Å². The van der Waals surface area contributed by atoms with Crippen molar-refractivity contribution in [3.8, 4) is 16.9 Å². The third kappa shape index (κ3) is 3.52. The van der Waals surface area contributed by atoms with E-state index in [1.807, 2.05) is 18.2 Å². The summed E-state index contributed by atoms with van der Waals surface area (Å²) in [5.74, 6) is -0.132. The molecule has 1 aromatic heterocycles. The van der Waals surface area contributed by atoms with Gasteiger partial charge in [0.1, 0.15) is 11.4 Å². The SMILES string of the molecule is O=C1O[C@]2(CC[C@H](C(=O)Nc3ncc(-c4ccc(O)cc4)cn3)CC2)c2ccccc21. The molecule has 0 bridgehead atoms. The van der Waals surface area contributed by atoms with Crippen LogP contribution in [-0.2, 0) is 15.1 Å². The molecule has 3 aromatic rings. The van der Waals surface area contributed by atoms with Crippen molar-refractivity contribution >= 4 is 17.8 Å². The summed E-state index contributed by atoms with van der Waals surface area (Å²) in [6.45, 7) is 0. The fourth-order valence-electron chi connectivity index (χ4n) is 4.47. The lowest BCUT2D eigenvalue weighted by Gasteiger charge is -2.35. The summed E-state index contributed by atoms with van der Waals surface area (Å²) >= 11 is 0. The van der Waals surface area contributed by atoms with Crippen LogP contribution >= 0.6 is 0 Å². The fraction of sp³-hybridized carbons (Fsp3) is 0.250. The molecular weight excluding hydrogens is 394 g/mol. The van der Waals surface area contributed by atoms with E-state index in [0.29, 0.717) is 31.2 Å². The maximum absolute atomic E-state index is 12.7. The van der Waals surface area contributed by atoms with Gasteiger partial charge in [-0.3, -0.25) is 10.1 Å². The number of nitrogens with one attached hydrogen (secondary N) is 1. The van der Waals surface area contributed by atoms with Gasteiger partial charge in [0.25, 0.3) is 0 Å². The second-order valence-electron chi connectivity index (χ2n) is 8.04. The van der Waals surface area contributed by atoms with Gasteiger partial charge in [-0.05, 0) is 49.4 Å². The topological polar surface area (TPSA) is 101 Å². The van der Waals surface area contributed by atoms with E-state index in [1.165, 1.54) is 0 Å². The first-order chi connectivity index (χ1) is 15.0. The van der Waals surface area contributed by atoms with Gasteiger partial charge >= 0.3 is 5.97 Å². The summed E-state index contributed by atoms with van der Waals surface area (Å²) in [6.07, 6.45) is 5.76. The van der Waals surface area contributed by atoms with Crippen molar-refractivity contribution in [2.24, 2.45) is 5.92 Å². The maximum Gasteiger partial charge on any atom is 0.339 e. The molecule has 2 N–H and O–H groups in total. The van der Waals surface area contributed by atoms with Gasteiger partial charge in [0.15, 0.2) is 0 Å². The van der Waals surface area contributed by atoms with E-state index < -0.39 is 5.60 Å². The molecule has 0 radical (unpaired) electrons. The molecule has 1 amide bonds. The first-order valence-corrected chi connectivity index (χ1v) is 10.3. The Morgan fingerprint density at radius 2 is 1.68 bits per heavy atom. The molecule has 0 atom stereocenters. The number of aromatic hydroxyl groups is 1. The molecule has 1 fully saturated rings. The lowest BCUT2D eigenvalue weighted by Crippen LogP contribution is -2.36. The van der Waals surface area contributed by atoms with E-state index in [0.717, 1.165) is 16.7 Å². The minimum atomic E-state index is -0.604. The molecule has 2 aromatic carbocycles. The van der Waals surface area contributed by atoms with Crippen LogP contribution in [0.15, 0.2) is 60.9 Å². The van der Waals surface area contributed by atoms with E-state index in [-0.39, 0.29) is 29.5 Å². The molecule has 2 heterocycles. The number of carbonyl (C=O) groups excluding carboxylic acids is 2. The number of rotatable bonds is 3. The van der Waals surface area contributed by atoms with Gasteiger partial charge < -0.3 is 9.84 Å². The minimum Gasteiger partial charge on any atom is -0.508 e. The molecule has 7 heteroatoms. The zero-order chi connectivity index (χ0) is 21.4. The molecule has 31 heavy (non-hydrogen) atoms. The zero-order valence-corrected chi connectivity index (χ0v) is 16.7.